The van der Waals surface area contributed by atoms with Crippen molar-refractivity contribution in [2.45, 2.75) is 19.9 Å². The van der Waals surface area contributed by atoms with Crippen molar-refractivity contribution in [3.8, 4) is 0 Å². The molecule has 1 N–H and O–H groups in total. The number of pyridine rings is 1. The molecule has 0 fully saturated rings. The van der Waals surface area contributed by atoms with E-state index < -0.39 is 0 Å². The second-order valence-corrected chi connectivity index (χ2v) is 6.05. The average molecular weight is 321 g/mol. The Morgan fingerprint density at radius 2 is 2.29 bits per heavy atom. The summed E-state index contributed by atoms with van der Waals surface area (Å²) < 4.78 is 1.84. The van der Waals surface area contributed by atoms with Crippen molar-refractivity contribution in [2.75, 3.05) is 0 Å². The van der Waals surface area contributed by atoms with Crippen LogP contribution in [0.2, 0.25) is 5.02 Å². The third-order valence-electron chi connectivity index (χ3n) is 2.97. The summed E-state index contributed by atoms with van der Waals surface area (Å²) in [7, 11) is 0. The Labute approximate surface area is 130 Å². The Bertz CT molecular complexity index is 795. The van der Waals surface area contributed by atoms with Crippen LogP contribution in [0, 0.1) is 0 Å². The smallest absolute Gasteiger partial charge is 0.263 e. The largest absolute Gasteiger partial charge is 0.346 e. The zero-order valence-electron chi connectivity index (χ0n) is 11.3. The molecule has 1 amide bonds. The van der Waals surface area contributed by atoms with Crippen molar-refractivity contribution < 1.29 is 4.79 Å². The highest BCUT2D eigenvalue weighted by Gasteiger charge is 2.10. The molecule has 0 aliphatic carbocycles. The van der Waals surface area contributed by atoms with Crippen LogP contribution in [0.5, 0.6) is 0 Å². The van der Waals surface area contributed by atoms with E-state index in [1.807, 2.05) is 23.6 Å². The van der Waals surface area contributed by atoms with Crippen LogP contribution in [-0.4, -0.2) is 20.3 Å². The van der Waals surface area contributed by atoms with E-state index in [1.165, 1.54) is 11.3 Å². The van der Waals surface area contributed by atoms with Gasteiger partial charge in [0.25, 0.3) is 5.91 Å². The number of thiazole rings is 1. The van der Waals surface area contributed by atoms with E-state index >= 15 is 0 Å². The Morgan fingerprint density at radius 1 is 1.43 bits per heavy atom. The number of amides is 1. The number of nitrogens with one attached hydrogen (secondary N) is 1. The topological polar surface area (TPSA) is 59.3 Å². The molecule has 3 heterocycles. The van der Waals surface area contributed by atoms with Crippen molar-refractivity contribution in [1.29, 1.82) is 0 Å². The predicted octanol–water partition coefficient (Wildman–Crippen LogP) is 2.94. The van der Waals surface area contributed by atoms with Gasteiger partial charge in [-0.25, -0.2) is 9.97 Å². The molecular weight excluding hydrogens is 308 g/mol. The molecule has 0 atom stereocenters. The molecule has 21 heavy (non-hydrogen) atoms. The van der Waals surface area contributed by atoms with Gasteiger partial charge in [-0.05, 0) is 18.6 Å². The maximum absolute atomic E-state index is 12.0. The van der Waals surface area contributed by atoms with Crippen LogP contribution in [0.25, 0.3) is 5.65 Å². The number of hydrogen-bond donors (Lipinski definition) is 1. The van der Waals surface area contributed by atoms with Crippen molar-refractivity contribution >= 4 is 34.5 Å². The van der Waals surface area contributed by atoms with Gasteiger partial charge >= 0.3 is 0 Å². The van der Waals surface area contributed by atoms with Crippen LogP contribution in [0.1, 0.15) is 27.3 Å². The molecule has 0 radical (unpaired) electrons. The minimum atomic E-state index is -0.123. The number of halogens is 1. The molecule has 0 spiro atoms. The van der Waals surface area contributed by atoms with Gasteiger partial charge in [-0.1, -0.05) is 18.5 Å². The second kappa shape index (κ2) is 5.83. The van der Waals surface area contributed by atoms with Gasteiger partial charge < -0.3 is 9.72 Å². The molecule has 5 nitrogen and oxygen atoms in total. The highest BCUT2D eigenvalue weighted by molar-refractivity contribution is 7.13. The quantitative estimate of drug-likeness (QED) is 0.804. The van der Waals surface area contributed by atoms with E-state index in [4.69, 9.17) is 11.6 Å². The van der Waals surface area contributed by atoms with E-state index in [0.29, 0.717) is 16.4 Å². The van der Waals surface area contributed by atoms with E-state index in [2.05, 4.69) is 15.3 Å². The first kappa shape index (κ1) is 14.0. The van der Waals surface area contributed by atoms with Gasteiger partial charge in [-0.2, -0.15) is 0 Å². The summed E-state index contributed by atoms with van der Waals surface area (Å²) in [4.78, 5) is 21.2. The summed E-state index contributed by atoms with van der Waals surface area (Å²) in [5, 5.41) is 4.46. The summed E-state index contributed by atoms with van der Waals surface area (Å²) >= 11 is 7.34. The average Bonchev–Trinajstić information content (AvgIpc) is 3.10. The summed E-state index contributed by atoms with van der Waals surface area (Å²) in [5.41, 5.74) is 1.58. The number of carbonyl (C=O) groups excluding carboxylic acids is 1. The third-order valence-corrected chi connectivity index (χ3v) is 4.34. The number of rotatable bonds is 4. The van der Waals surface area contributed by atoms with E-state index in [1.54, 1.807) is 18.5 Å². The highest BCUT2D eigenvalue weighted by atomic mass is 35.5. The Kier molecular flexibility index (Phi) is 3.90. The molecule has 3 aromatic rings. The van der Waals surface area contributed by atoms with Crippen molar-refractivity contribution in [2.24, 2.45) is 0 Å². The normalized spacial score (nSPS) is 11.0. The fourth-order valence-electron chi connectivity index (χ4n) is 1.94. The summed E-state index contributed by atoms with van der Waals surface area (Å²) in [5.74, 6) is -0.123. The number of aryl methyl sites for hydroxylation is 1. The van der Waals surface area contributed by atoms with E-state index in [-0.39, 0.29) is 5.91 Å². The zero-order chi connectivity index (χ0) is 14.8. The van der Waals surface area contributed by atoms with Crippen LogP contribution in [0.3, 0.4) is 0 Å². The van der Waals surface area contributed by atoms with Gasteiger partial charge in [-0.3, -0.25) is 4.79 Å². The van der Waals surface area contributed by atoms with Crippen molar-refractivity contribution in [3.05, 3.63) is 51.3 Å². The fourth-order valence-corrected chi connectivity index (χ4v) is 2.88. The van der Waals surface area contributed by atoms with Gasteiger partial charge in [0.05, 0.1) is 28.5 Å². The lowest BCUT2D eigenvalue weighted by Crippen LogP contribution is -2.21. The molecule has 0 aliphatic rings. The molecule has 0 saturated heterocycles. The standard InChI is InChI=1S/C14H13ClN4OS/c1-2-13-16-6-11(21-13)14(20)17-5-10-8-19-7-9(15)3-4-12(19)18-10/h3-4,6-8H,2,5H2,1H3,(H,17,20). The van der Waals surface area contributed by atoms with Crippen LogP contribution in [0.15, 0.2) is 30.7 Å². The van der Waals surface area contributed by atoms with Crippen LogP contribution in [0.4, 0.5) is 0 Å². The minimum absolute atomic E-state index is 0.123. The fraction of sp³-hybridized carbons (Fsp3) is 0.214. The van der Waals surface area contributed by atoms with Crippen molar-refractivity contribution in [3.63, 3.8) is 0 Å². The van der Waals surface area contributed by atoms with Crippen LogP contribution in [-0.2, 0) is 13.0 Å². The zero-order valence-corrected chi connectivity index (χ0v) is 12.9. The summed E-state index contributed by atoms with van der Waals surface area (Å²) in [6.07, 6.45) is 6.09. The molecule has 3 rings (SSSR count). The van der Waals surface area contributed by atoms with Gasteiger partial charge in [-0.15, -0.1) is 11.3 Å². The first-order valence-electron chi connectivity index (χ1n) is 6.51. The Morgan fingerprint density at radius 3 is 3.05 bits per heavy atom. The lowest BCUT2D eigenvalue weighted by Gasteiger charge is -1.99. The number of aromatic nitrogens is 3. The van der Waals surface area contributed by atoms with Crippen molar-refractivity contribution in [1.82, 2.24) is 19.7 Å². The highest BCUT2D eigenvalue weighted by Crippen LogP contribution is 2.14. The molecule has 0 unspecified atom stereocenters. The molecule has 0 bridgehead atoms. The SMILES string of the molecule is CCc1ncc(C(=O)NCc2cn3cc(Cl)ccc3n2)s1. The van der Waals surface area contributed by atoms with Gasteiger partial charge in [0.1, 0.15) is 10.5 Å². The monoisotopic (exact) mass is 320 g/mol. The summed E-state index contributed by atoms with van der Waals surface area (Å²) in [6.45, 7) is 2.39. The minimum Gasteiger partial charge on any atom is -0.346 e. The van der Waals surface area contributed by atoms with Gasteiger partial charge in [0.15, 0.2) is 0 Å². The Hall–Kier alpha value is -1.92. The second-order valence-electron chi connectivity index (χ2n) is 4.50. The van der Waals surface area contributed by atoms with E-state index in [0.717, 1.165) is 22.8 Å². The van der Waals surface area contributed by atoms with Crippen LogP contribution >= 0.6 is 22.9 Å². The van der Waals surface area contributed by atoms with Gasteiger partial charge in [0, 0.05) is 12.4 Å². The van der Waals surface area contributed by atoms with Gasteiger partial charge in [0.2, 0.25) is 0 Å². The molecule has 0 saturated carbocycles. The summed E-state index contributed by atoms with van der Waals surface area (Å²) in [6, 6.07) is 3.63. The maximum Gasteiger partial charge on any atom is 0.263 e. The number of hydrogen-bond acceptors (Lipinski definition) is 4. The first-order valence-corrected chi connectivity index (χ1v) is 7.71. The molecule has 0 aliphatic heterocycles. The van der Waals surface area contributed by atoms with E-state index in [9.17, 15) is 4.79 Å². The molecule has 3 aromatic heterocycles. The molecule has 0 aromatic carbocycles. The number of carbonyl (C=O) groups is 1. The number of nitrogens with zero attached hydrogens (tertiary/aromatic N) is 3. The maximum atomic E-state index is 12.0. The Balaban J connectivity index is 1.69. The molecule has 108 valence electrons. The molecular formula is C14H13ClN4OS. The lowest BCUT2D eigenvalue weighted by molar-refractivity contribution is 0.0954. The third kappa shape index (κ3) is 3.06. The number of fused-ring (bicyclic) bond motifs is 1. The van der Waals surface area contributed by atoms with Crippen LogP contribution < -0.4 is 5.32 Å². The predicted molar refractivity (Wildman–Crippen MR) is 82.9 cm³/mol. The number of imidazole rings is 1. The first-order chi connectivity index (χ1) is 10.2. The lowest BCUT2D eigenvalue weighted by atomic mass is 10.4. The molecule has 7 heteroatoms.